The van der Waals surface area contributed by atoms with Gasteiger partial charge < -0.3 is 15.4 Å². The monoisotopic (exact) mass is 422 g/mol. The van der Waals surface area contributed by atoms with Crippen LogP contribution in [0.15, 0.2) is 36.5 Å². The molecule has 0 radical (unpaired) electrons. The Bertz CT molecular complexity index is 1010. The molecule has 0 bridgehead atoms. The fourth-order valence-corrected chi connectivity index (χ4v) is 3.10. The second-order valence-electron chi connectivity index (χ2n) is 6.02. The molecule has 0 saturated heterocycles. The molecule has 0 aliphatic rings. The van der Waals surface area contributed by atoms with Gasteiger partial charge in [0.1, 0.15) is 0 Å². The predicted molar refractivity (Wildman–Crippen MR) is 105 cm³/mol. The van der Waals surface area contributed by atoms with Crippen molar-refractivity contribution < 1.29 is 9.72 Å². The minimum Gasteiger partial charge on any atom is -0.358 e. The molecule has 0 unspecified atom stereocenters. The Morgan fingerprint density at radius 2 is 1.96 bits per heavy atom. The summed E-state index contributed by atoms with van der Waals surface area (Å²) in [4.78, 5) is 22.3. The maximum Gasteiger partial charge on any atom is 0.390 e. The van der Waals surface area contributed by atoms with Gasteiger partial charge in [-0.2, -0.15) is 9.78 Å². The third-order valence-corrected chi connectivity index (χ3v) is 4.70. The van der Waals surface area contributed by atoms with Crippen molar-refractivity contribution in [2.45, 2.75) is 26.4 Å². The number of carbonyl (C=O) groups excluding carboxylic acids is 1. The van der Waals surface area contributed by atoms with E-state index in [1.807, 2.05) is 0 Å². The van der Waals surface area contributed by atoms with Crippen LogP contribution >= 0.6 is 23.2 Å². The Labute approximate surface area is 170 Å². The van der Waals surface area contributed by atoms with E-state index in [1.54, 1.807) is 42.1 Å². The summed E-state index contributed by atoms with van der Waals surface area (Å²) in [5.74, 6) is -0.134. The Morgan fingerprint density at radius 3 is 2.61 bits per heavy atom. The average molecular weight is 423 g/mol. The molecular weight excluding hydrogens is 407 g/mol. The Balaban J connectivity index is 1.57. The SMILES string of the molecule is Cc1cc([N+](=O)[O-])nn1CCC(=O)Nc1ccn(Cc2c(Cl)cccc2Cl)n1. The number of aryl methyl sites for hydroxylation is 2. The van der Waals surface area contributed by atoms with Gasteiger partial charge in [0, 0.05) is 34.3 Å². The number of nitro groups is 1. The van der Waals surface area contributed by atoms with Gasteiger partial charge in [-0.1, -0.05) is 29.3 Å². The Hall–Kier alpha value is -2.91. The molecule has 3 rings (SSSR count). The summed E-state index contributed by atoms with van der Waals surface area (Å²) in [5, 5.41) is 22.6. The van der Waals surface area contributed by atoms with Crippen molar-refractivity contribution in [1.29, 1.82) is 0 Å². The van der Waals surface area contributed by atoms with Crippen LogP contribution in [-0.2, 0) is 17.9 Å². The van der Waals surface area contributed by atoms with Crippen LogP contribution in [0.3, 0.4) is 0 Å². The first-order valence-electron chi connectivity index (χ1n) is 8.28. The van der Waals surface area contributed by atoms with Crippen molar-refractivity contribution in [1.82, 2.24) is 19.6 Å². The quantitative estimate of drug-likeness (QED) is 0.461. The molecular formula is C17H16Cl2N6O3. The summed E-state index contributed by atoms with van der Waals surface area (Å²) in [5.41, 5.74) is 1.35. The average Bonchev–Trinajstić information content (AvgIpc) is 3.23. The van der Waals surface area contributed by atoms with Crippen LogP contribution in [0.2, 0.25) is 10.0 Å². The van der Waals surface area contributed by atoms with Crippen molar-refractivity contribution in [3.63, 3.8) is 0 Å². The van der Waals surface area contributed by atoms with Crippen LogP contribution in [0.1, 0.15) is 17.7 Å². The molecule has 3 aromatic rings. The van der Waals surface area contributed by atoms with Gasteiger partial charge in [0.05, 0.1) is 29.9 Å². The molecule has 0 fully saturated rings. The van der Waals surface area contributed by atoms with Crippen molar-refractivity contribution in [3.8, 4) is 0 Å². The topological polar surface area (TPSA) is 108 Å². The van der Waals surface area contributed by atoms with Gasteiger partial charge in [0.25, 0.3) is 0 Å². The van der Waals surface area contributed by atoms with Gasteiger partial charge in [0.2, 0.25) is 5.91 Å². The standard InChI is InChI=1S/C17H16Cl2N6O3/c1-11-9-16(25(27)28)22-24(11)8-6-17(26)20-15-5-7-23(21-15)10-12-13(18)3-2-4-14(12)19/h2-5,7,9H,6,8,10H2,1H3,(H,20,21,26). The van der Waals surface area contributed by atoms with Crippen LogP contribution in [0.4, 0.5) is 11.6 Å². The lowest BCUT2D eigenvalue weighted by Gasteiger charge is -2.07. The highest BCUT2D eigenvalue weighted by molar-refractivity contribution is 6.35. The van der Waals surface area contributed by atoms with Crippen molar-refractivity contribution in [3.05, 3.63) is 67.9 Å². The third-order valence-electron chi connectivity index (χ3n) is 4.00. The number of rotatable bonds is 7. The molecule has 1 N–H and O–H groups in total. The Kier molecular flexibility index (Phi) is 5.96. The summed E-state index contributed by atoms with van der Waals surface area (Å²) >= 11 is 12.3. The summed E-state index contributed by atoms with van der Waals surface area (Å²) in [6.07, 6.45) is 1.80. The maximum atomic E-state index is 12.1. The van der Waals surface area contributed by atoms with E-state index in [0.717, 1.165) is 5.56 Å². The predicted octanol–water partition coefficient (Wildman–Crippen LogP) is 3.68. The van der Waals surface area contributed by atoms with E-state index >= 15 is 0 Å². The summed E-state index contributed by atoms with van der Waals surface area (Å²) in [6.45, 7) is 2.28. The molecule has 146 valence electrons. The highest BCUT2D eigenvalue weighted by Gasteiger charge is 2.16. The van der Waals surface area contributed by atoms with Crippen LogP contribution in [0, 0.1) is 17.0 Å². The zero-order valence-electron chi connectivity index (χ0n) is 14.8. The molecule has 0 aliphatic carbocycles. The molecule has 28 heavy (non-hydrogen) atoms. The van der Waals surface area contributed by atoms with Crippen LogP contribution < -0.4 is 5.32 Å². The zero-order valence-corrected chi connectivity index (χ0v) is 16.3. The van der Waals surface area contributed by atoms with Gasteiger partial charge in [-0.05, 0) is 24.0 Å². The summed E-state index contributed by atoms with van der Waals surface area (Å²) in [7, 11) is 0. The van der Waals surface area contributed by atoms with E-state index in [-0.39, 0.29) is 24.7 Å². The lowest BCUT2D eigenvalue weighted by atomic mass is 10.2. The van der Waals surface area contributed by atoms with Crippen molar-refractivity contribution >= 4 is 40.7 Å². The number of aromatic nitrogens is 4. The maximum absolute atomic E-state index is 12.1. The van der Waals surface area contributed by atoms with E-state index in [9.17, 15) is 14.9 Å². The molecule has 2 heterocycles. The van der Waals surface area contributed by atoms with E-state index in [0.29, 0.717) is 28.1 Å². The van der Waals surface area contributed by atoms with E-state index in [4.69, 9.17) is 23.2 Å². The fraction of sp³-hybridized carbons (Fsp3) is 0.235. The van der Waals surface area contributed by atoms with Crippen LogP contribution in [-0.4, -0.2) is 30.4 Å². The van der Waals surface area contributed by atoms with Crippen LogP contribution in [0.5, 0.6) is 0 Å². The number of benzene rings is 1. The highest BCUT2D eigenvalue weighted by Crippen LogP contribution is 2.25. The van der Waals surface area contributed by atoms with Crippen molar-refractivity contribution in [2.75, 3.05) is 5.32 Å². The van der Waals surface area contributed by atoms with Gasteiger partial charge in [0.15, 0.2) is 5.82 Å². The number of carbonyl (C=O) groups is 1. The summed E-state index contributed by atoms with van der Waals surface area (Å²) in [6, 6.07) is 8.28. The molecule has 11 heteroatoms. The van der Waals surface area contributed by atoms with E-state index in [2.05, 4.69) is 15.5 Å². The minimum absolute atomic E-state index is 0.100. The van der Waals surface area contributed by atoms with Crippen LogP contribution in [0.25, 0.3) is 0 Å². The van der Waals surface area contributed by atoms with Gasteiger partial charge in [-0.3, -0.25) is 9.48 Å². The first-order chi connectivity index (χ1) is 13.3. The molecule has 1 aromatic carbocycles. The molecule has 0 saturated carbocycles. The van der Waals surface area contributed by atoms with E-state index < -0.39 is 4.92 Å². The number of hydrogen-bond acceptors (Lipinski definition) is 5. The number of nitrogens with zero attached hydrogens (tertiary/aromatic N) is 5. The molecule has 0 aliphatic heterocycles. The number of hydrogen-bond donors (Lipinski definition) is 1. The fourth-order valence-electron chi connectivity index (χ4n) is 2.58. The van der Waals surface area contributed by atoms with Crippen molar-refractivity contribution in [2.24, 2.45) is 0 Å². The second kappa shape index (κ2) is 8.41. The molecule has 2 aromatic heterocycles. The first kappa shape index (κ1) is 19.8. The number of amides is 1. The van der Waals surface area contributed by atoms with E-state index in [1.165, 1.54) is 10.7 Å². The van der Waals surface area contributed by atoms with Gasteiger partial charge in [-0.25, -0.2) is 0 Å². The molecule has 0 spiro atoms. The highest BCUT2D eigenvalue weighted by atomic mass is 35.5. The third kappa shape index (κ3) is 4.68. The summed E-state index contributed by atoms with van der Waals surface area (Å²) < 4.78 is 3.04. The largest absolute Gasteiger partial charge is 0.390 e. The molecule has 0 atom stereocenters. The number of nitrogens with one attached hydrogen (secondary N) is 1. The normalized spacial score (nSPS) is 10.8. The zero-order chi connectivity index (χ0) is 20.3. The smallest absolute Gasteiger partial charge is 0.358 e. The number of halogens is 2. The number of anilines is 1. The van der Waals surface area contributed by atoms with Gasteiger partial charge >= 0.3 is 5.82 Å². The lowest BCUT2D eigenvalue weighted by Crippen LogP contribution is -2.16. The molecule has 1 amide bonds. The Morgan fingerprint density at radius 1 is 1.25 bits per heavy atom. The molecule has 9 nitrogen and oxygen atoms in total. The van der Waals surface area contributed by atoms with Gasteiger partial charge in [-0.15, -0.1) is 0 Å². The lowest BCUT2D eigenvalue weighted by molar-refractivity contribution is -0.389. The minimum atomic E-state index is -0.568. The second-order valence-corrected chi connectivity index (χ2v) is 6.84. The first-order valence-corrected chi connectivity index (χ1v) is 9.04.